The molecule has 0 radical (unpaired) electrons. The number of carbonyl (C=O) groups is 1. The fourth-order valence-corrected chi connectivity index (χ4v) is 2.17. The minimum Gasteiger partial charge on any atom is -0.350 e. The Labute approximate surface area is 104 Å². The van der Waals surface area contributed by atoms with Crippen LogP contribution in [0.15, 0.2) is 0 Å². The lowest BCUT2D eigenvalue weighted by Crippen LogP contribution is -2.31. The molecule has 0 aliphatic heterocycles. The number of rotatable bonds is 2. The summed E-state index contributed by atoms with van der Waals surface area (Å²) in [6, 6.07) is 0.170. The molecule has 1 amide bonds. The van der Waals surface area contributed by atoms with Crippen molar-refractivity contribution in [3.05, 3.63) is 33.4 Å². The number of hydrogen-bond acceptors (Lipinski definition) is 1. The van der Waals surface area contributed by atoms with Crippen molar-refractivity contribution in [1.29, 1.82) is 0 Å². The van der Waals surface area contributed by atoms with Crippen LogP contribution in [0.3, 0.4) is 0 Å². The number of nitrogens with one attached hydrogen (secondary N) is 1. The molecule has 17 heavy (non-hydrogen) atoms. The van der Waals surface area contributed by atoms with Crippen LogP contribution in [-0.4, -0.2) is 11.9 Å². The van der Waals surface area contributed by atoms with Crippen molar-refractivity contribution < 1.29 is 4.79 Å². The Bertz CT molecular complexity index is 429. The topological polar surface area (TPSA) is 29.1 Å². The maximum absolute atomic E-state index is 12.2. The summed E-state index contributed by atoms with van der Waals surface area (Å²) in [6.45, 7) is 14.3. The third kappa shape index (κ3) is 2.51. The Kier molecular flexibility index (Phi) is 3.97. The quantitative estimate of drug-likeness (QED) is 0.833. The Balaban J connectivity index is 3.39. The molecule has 0 fully saturated rings. The van der Waals surface area contributed by atoms with Gasteiger partial charge in [-0.1, -0.05) is 0 Å². The lowest BCUT2D eigenvalue weighted by Gasteiger charge is -2.19. The molecule has 0 aliphatic carbocycles. The lowest BCUT2D eigenvalue weighted by molar-refractivity contribution is 0.0941. The predicted molar refractivity (Wildman–Crippen MR) is 72.7 cm³/mol. The van der Waals surface area contributed by atoms with Crippen LogP contribution >= 0.6 is 0 Å². The smallest absolute Gasteiger partial charge is 0.252 e. The van der Waals surface area contributed by atoms with Gasteiger partial charge in [-0.3, -0.25) is 4.79 Å². The van der Waals surface area contributed by atoms with Gasteiger partial charge in [-0.25, -0.2) is 0 Å². The highest BCUT2D eigenvalue weighted by atomic mass is 16.1. The first-order chi connectivity index (χ1) is 7.77. The van der Waals surface area contributed by atoms with E-state index in [1.54, 1.807) is 0 Å². The summed E-state index contributed by atoms with van der Waals surface area (Å²) in [5.74, 6) is 0.0428. The summed E-state index contributed by atoms with van der Waals surface area (Å²) in [4.78, 5) is 12.2. The molecule has 94 valence electrons. The molecular weight excluding hydrogens is 210 g/mol. The summed E-state index contributed by atoms with van der Waals surface area (Å²) in [7, 11) is 0. The first-order valence-electron chi connectivity index (χ1n) is 6.15. The van der Waals surface area contributed by atoms with Crippen molar-refractivity contribution in [2.24, 2.45) is 0 Å². The van der Waals surface area contributed by atoms with E-state index in [4.69, 9.17) is 0 Å². The van der Waals surface area contributed by atoms with Gasteiger partial charge in [0.15, 0.2) is 0 Å². The van der Waals surface area contributed by atoms with Crippen LogP contribution in [0.2, 0.25) is 0 Å². The maximum atomic E-state index is 12.2. The van der Waals surface area contributed by atoms with E-state index in [0.29, 0.717) is 0 Å². The highest BCUT2D eigenvalue weighted by Crippen LogP contribution is 2.25. The van der Waals surface area contributed by atoms with Crippen LogP contribution in [0.25, 0.3) is 0 Å². The third-order valence-electron chi connectivity index (χ3n) is 3.65. The van der Waals surface area contributed by atoms with Gasteiger partial charge in [-0.2, -0.15) is 0 Å². The molecule has 0 saturated carbocycles. The van der Waals surface area contributed by atoms with Gasteiger partial charge in [0.1, 0.15) is 0 Å². The molecule has 0 unspecified atom stereocenters. The first kappa shape index (κ1) is 13.8. The number of amides is 1. The lowest BCUT2D eigenvalue weighted by atomic mass is 9.89. The molecule has 0 aromatic heterocycles. The van der Waals surface area contributed by atoms with Crippen molar-refractivity contribution in [2.75, 3.05) is 0 Å². The zero-order valence-corrected chi connectivity index (χ0v) is 12.0. The summed E-state index contributed by atoms with van der Waals surface area (Å²) >= 11 is 0. The van der Waals surface area contributed by atoms with E-state index in [9.17, 15) is 4.79 Å². The fraction of sp³-hybridized carbons (Fsp3) is 0.533. The van der Waals surface area contributed by atoms with Gasteiger partial charge in [-0.15, -0.1) is 0 Å². The van der Waals surface area contributed by atoms with E-state index in [1.807, 2.05) is 27.7 Å². The van der Waals surface area contributed by atoms with Gasteiger partial charge in [0.2, 0.25) is 0 Å². The summed E-state index contributed by atoms with van der Waals surface area (Å²) in [5.41, 5.74) is 6.79. The second-order valence-electron chi connectivity index (χ2n) is 5.13. The molecular formula is C15H23NO. The molecule has 0 saturated heterocycles. The highest BCUT2D eigenvalue weighted by Gasteiger charge is 2.18. The van der Waals surface area contributed by atoms with Gasteiger partial charge in [0.05, 0.1) is 0 Å². The van der Waals surface area contributed by atoms with Crippen molar-refractivity contribution in [1.82, 2.24) is 5.32 Å². The van der Waals surface area contributed by atoms with Gasteiger partial charge < -0.3 is 5.32 Å². The predicted octanol–water partition coefficient (Wildman–Crippen LogP) is 3.37. The molecule has 0 aliphatic rings. The minimum atomic E-state index is 0.0428. The average molecular weight is 233 g/mol. The molecule has 0 bridgehead atoms. The van der Waals surface area contributed by atoms with Crippen molar-refractivity contribution >= 4 is 5.91 Å². The average Bonchev–Trinajstić information content (AvgIpc) is 2.23. The molecule has 2 nitrogen and oxygen atoms in total. The largest absolute Gasteiger partial charge is 0.350 e. The minimum absolute atomic E-state index is 0.0428. The van der Waals surface area contributed by atoms with Crippen LogP contribution in [0.1, 0.15) is 52.0 Å². The molecule has 1 aromatic carbocycles. The SMILES string of the molecule is Cc1c(C)c(C)c(C(=O)NC(C)C)c(C)c1C. The van der Waals surface area contributed by atoms with E-state index in [-0.39, 0.29) is 11.9 Å². The van der Waals surface area contributed by atoms with Crippen LogP contribution in [-0.2, 0) is 0 Å². The Morgan fingerprint density at radius 2 is 1.18 bits per heavy atom. The van der Waals surface area contributed by atoms with Crippen molar-refractivity contribution in [3.63, 3.8) is 0 Å². The highest BCUT2D eigenvalue weighted by molar-refractivity contribution is 5.98. The normalized spacial score (nSPS) is 10.8. The fourth-order valence-electron chi connectivity index (χ4n) is 2.17. The first-order valence-corrected chi connectivity index (χ1v) is 6.15. The van der Waals surface area contributed by atoms with Gasteiger partial charge in [0, 0.05) is 11.6 Å². The zero-order chi connectivity index (χ0) is 13.3. The van der Waals surface area contributed by atoms with Crippen LogP contribution in [0.4, 0.5) is 0 Å². The monoisotopic (exact) mass is 233 g/mol. The van der Waals surface area contributed by atoms with Crippen LogP contribution in [0, 0.1) is 34.6 Å². The number of benzene rings is 1. The maximum Gasteiger partial charge on any atom is 0.252 e. The van der Waals surface area contributed by atoms with Crippen LogP contribution in [0.5, 0.6) is 0 Å². The van der Waals surface area contributed by atoms with E-state index >= 15 is 0 Å². The van der Waals surface area contributed by atoms with E-state index in [2.05, 4.69) is 26.1 Å². The second kappa shape index (κ2) is 4.91. The van der Waals surface area contributed by atoms with Gasteiger partial charge in [0.25, 0.3) is 5.91 Å². The Hall–Kier alpha value is -1.31. The third-order valence-corrected chi connectivity index (χ3v) is 3.65. The Morgan fingerprint density at radius 3 is 1.53 bits per heavy atom. The van der Waals surface area contributed by atoms with Gasteiger partial charge in [-0.05, 0) is 76.3 Å². The number of carbonyl (C=O) groups excluding carboxylic acids is 1. The van der Waals surface area contributed by atoms with Crippen molar-refractivity contribution in [3.8, 4) is 0 Å². The van der Waals surface area contributed by atoms with E-state index < -0.39 is 0 Å². The number of hydrogen-bond donors (Lipinski definition) is 1. The van der Waals surface area contributed by atoms with Crippen molar-refractivity contribution in [2.45, 2.75) is 54.5 Å². The summed E-state index contributed by atoms with van der Waals surface area (Å²) in [5, 5.41) is 2.98. The standard InChI is InChI=1S/C15H23NO/c1-8(2)16-15(17)14-12(6)10(4)9(3)11(5)13(14)7/h8H,1-7H3,(H,16,17). The summed E-state index contributed by atoms with van der Waals surface area (Å²) in [6.07, 6.45) is 0. The Morgan fingerprint density at radius 1 is 0.824 bits per heavy atom. The molecule has 0 atom stereocenters. The van der Waals surface area contributed by atoms with Crippen LogP contribution < -0.4 is 5.32 Å². The molecule has 1 rings (SSSR count). The van der Waals surface area contributed by atoms with E-state index in [1.165, 1.54) is 16.7 Å². The van der Waals surface area contributed by atoms with E-state index in [0.717, 1.165) is 16.7 Å². The molecule has 1 aromatic rings. The zero-order valence-electron chi connectivity index (χ0n) is 12.0. The molecule has 0 spiro atoms. The molecule has 0 heterocycles. The summed E-state index contributed by atoms with van der Waals surface area (Å²) < 4.78 is 0. The second-order valence-corrected chi connectivity index (χ2v) is 5.13. The van der Waals surface area contributed by atoms with Gasteiger partial charge >= 0.3 is 0 Å². The molecule has 1 N–H and O–H groups in total. The molecule has 2 heteroatoms.